The number of H-pyrrole nitrogens is 1. The molecule has 6 nitrogen and oxygen atoms in total. The number of halogens is 1. The van der Waals surface area contributed by atoms with Crippen molar-refractivity contribution in [1.82, 2.24) is 15.2 Å². The zero-order chi connectivity index (χ0) is 16.5. The lowest BCUT2D eigenvalue weighted by Gasteiger charge is -2.25. The number of hydrogen-bond acceptors (Lipinski definition) is 4. The second kappa shape index (κ2) is 7.54. The summed E-state index contributed by atoms with van der Waals surface area (Å²) in [4.78, 5) is 17.0. The van der Waals surface area contributed by atoms with Gasteiger partial charge in [0.25, 0.3) is 0 Å². The number of carbonyl (C=O) groups is 1. The first kappa shape index (κ1) is 17.9. The summed E-state index contributed by atoms with van der Waals surface area (Å²) in [6.45, 7) is 0. The largest absolute Gasteiger partial charge is 0.328 e. The third-order valence-corrected chi connectivity index (χ3v) is 4.94. The fourth-order valence-electron chi connectivity index (χ4n) is 3.39. The number of benzene rings is 1. The number of hydrogen-bond donors (Lipinski definition) is 3. The quantitative estimate of drug-likeness (QED) is 0.778. The summed E-state index contributed by atoms with van der Waals surface area (Å²) < 4.78 is 0. The lowest BCUT2D eigenvalue weighted by atomic mass is 9.85. The highest BCUT2D eigenvalue weighted by Crippen LogP contribution is 2.38. The molecule has 0 radical (unpaired) electrons. The van der Waals surface area contributed by atoms with E-state index in [1.807, 2.05) is 24.3 Å². The van der Waals surface area contributed by atoms with Crippen LogP contribution in [0.15, 0.2) is 24.3 Å². The molecule has 0 spiro atoms. The molecule has 2 atom stereocenters. The molecule has 25 heavy (non-hydrogen) atoms. The summed E-state index contributed by atoms with van der Waals surface area (Å²) in [6.07, 6.45) is 6.12. The summed E-state index contributed by atoms with van der Waals surface area (Å²) in [5.41, 5.74) is 7.69. The number of amides is 1. The molecule has 2 fully saturated rings. The molecule has 1 amide bonds. The van der Waals surface area contributed by atoms with Gasteiger partial charge in [-0.15, -0.1) is 12.4 Å². The molecule has 1 aromatic heterocycles. The maximum absolute atomic E-state index is 12.5. The van der Waals surface area contributed by atoms with Gasteiger partial charge in [-0.05, 0) is 44.2 Å². The monoisotopic (exact) mass is 361 g/mol. The molecular weight excluding hydrogens is 338 g/mol. The Hall–Kier alpha value is -1.92. The predicted molar refractivity (Wildman–Crippen MR) is 99.6 cm³/mol. The molecule has 1 heterocycles. The van der Waals surface area contributed by atoms with Gasteiger partial charge in [-0.2, -0.15) is 5.10 Å². The summed E-state index contributed by atoms with van der Waals surface area (Å²) in [7, 11) is 0. The van der Waals surface area contributed by atoms with Gasteiger partial charge in [-0.25, -0.2) is 4.98 Å². The minimum absolute atomic E-state index is 0. The van der Waals surface area contributed by atoms with E-state index in [-0.39, 0.29) is 30.3 Å². The Labute approximate surface area is 153 Å². The predicted octanol–water partition coefficient (Wildman–Crippen LogP) is 3.23. The van der Waals surface area contributed by atoms with Crippen molar-refractivity contribution in [2.24, 2.45) is 11.7 Å². The molecule has 134 valence electrons. The molecule has 2 saturated carbocycles. The highest BCUT2D eigenvalue weighted by atomic mass is 35.5. The average Bonchev–Trinajstić information content (AvgIpc) is 3.32. The van der Waals surface area contributed by atoms with Crippen molar-refractivity contribution in [3.8, 4) is 11.4 Å². The van der Waals surface area contributed by atoms with E-state index < -0.39 is 0 Å². The van der Waals surface area contributed by atoms with E-state index in [0.717, 1.165) is 42.8 Å². The number of nitrogens with one attached hydrogen (secondary N) is 2. The number of nitrogens with two attached hydrogens (primary N) is 1. The molecule has 4 N–H and O–H groups in total. The van der Waals surface area contributed by atoms with Gasteiger partial charge in [-0.1, -0.05) is 18.6 Å². The van der Waals surface area contributed by atoms with Crippen LogP contribution in [0.2, 0.25) is 0 Å². The Kier molecular flexibility index (Phi) is 5.39. The summed E-state index contributed by atoms with van der Waals surface area (Å²) >= 11 is 0. The van der Waals surface area contributed by atoms with Gasteiger partial charge in [-0.3, -0.25) is 9.89 Å². The Bertz CT molecular complexity index is 743. The van der Waals surface area contributed by atoms with E-state index in [1.54, 1.807) is 0 Å². The summed E-state index contributed by atoms with van der Waals surface area (Å²) in [5, 5.41) is 10.3. The van der Waals surface area contributed by atoms with Crippen LogP contribution in [0, 0.1) is 5.92 Å². The van der Waals surface area contributed by atoms with E-state index in [0.29, 0.717) is 11.7 Å². The average molecular weight is 362 g/mol. The topological polar surface area (TPSA) is 96.7 Å². The Morgan fingerprint density at radius 2 is 2.08 bits per heavy atom. The molecule has 2 aromatic rings. The van der Waals surface area contributed by atoms with Crippen LogP contribution in [0.1, 0.15) is 50.3 Å². The fraction of sp³-hybridized carbons (Fsp3) is 0.500. The van der Waals surface area contributed by atoms with Gasteiger partial charge in [0.15, 0.2) is 5.82 Å². The standard InChI is InChI=1S/C18H23N5O.ClH/c19-14-5-1-4-13(9-14)18(24)20-15-6-2-3-12(10-15)17-21-16(22-23-17)11-7-8-11;/h2-3,6,10-11,13-14H,1,4-5,7-9,19H2,(H,20,24)(H,21,22,23);1H. The summed E-state index contributed by atoms with van der Waals surface area (Å²) in [6, 6.07) is 7.87. The second-order valence-electron chi connectivity index (χ2n) is 7.01. The molecule has 7 heteroatoms. The number of anilines is 1. The van der Waals surface area contributed by atoms with Crippen LogP contribution in [0.25, 0.3) is 11.4 Å². The van der Waals surface area contributed by atoms with Gasteiger partial charge in [0.1, 0.15) is 5.82 Å². The van der Waals surface area contributed by atoms with Gasteiger partial charge in [0, 0.05) is 29.1 Å². The molecule has 2 aliphatic rings. The minimum Gasteiger partial charge on any atom is -0.328 e. The molecule has 1 aromatic carbocycles. The first-order chi connectivity index (χ1) is 11.7. The van der Waals surface area contributed by atoms with E-state index in [4.69, 9.17) is 5.73 Å². The normalized spacial score (nSPS) is 22.9. The molecule has 0 bridgehead atoms. The van der Waals surface area contributed by atoms with Gasteiger partial charge >= 0.3 is 0 Å². The number of aromatic amines is 1. The first-order valence-corrected chi connectivity index (χ1v) is 8.78. The molecule has 2 unspecified atom stereocenters. The molecule has 0 saturated heterocycles. The number of aromatic nitrogens is 3. The Morgan fingerprint density at radius 1 is 1.24 bits per heavy atom. The van der Waals surface area contributed by atoms with Crippen LogP contribution >= 0.6 is 12.4 Å². The SMILES string of the molecule is Cl.NC1CCCC(C(=O)Nc2cccc(-c3n[nH]c(C4CC4)n3)c2)C1. The van der Waals surface area contributed by atoms with Gasteiger partial charge in [0.2, 0.25) is 5.91 Å². The minimum atomic E-state index is 0. The van der Waals surface area contributed by atoms with E-state index in [9.17, 15) is 4.79 Å². The smallest absolute Gasteiger partial charge is 0.227 e. The molecule has 0 aliphatic heterocycles. The molecule has 2 aliphatic carbocycles. The Balaban J connectivity index is 0.00000182. The number of carbonyl (C=O) groups excluding carboxylic acids is 1. The lowest BCUT2D eigenvalue weighted by Crippen LogP contribution is -2.34. The third-order valence-electron chi connectivity index (χ3n) is 4.94. The zero-order valence-electron chi connectivity index (χ0n) is 14.1. The first-order valence-electron chi connectivity index (χ1n) is 8.78. The van der Waals surface area contributed by atoms with Crippen LogP contribution in [-0.2, 0) is 4.79 Å². The van der Waals surface area contributed by atoms with Crippen LogP contribution < -0.4 is 11.1 Å². The molecule has 4 rings (SSSR count). The summed E-state index contributed by atoms with van der Waals surface area (Å²) in [5.74, 6) is 2.28. The third kappa shape index (κ3) is 4.19. The highest BCUT2D eigenvalue weighted by molar-refractivity contribution is 5.93. The van der Waals surface area contributed by atoms with Crippen molar-refractivity contribution in [3.63, 3.8) is 0 Å². The van der Waals surface area contributed by atoms with E-state index >= 15 is 0 Å². The van der Waals surface area contributed by atoms with Crippen molar-refractivity contribution < 1.29 is 4.79 Å². The number of nitrogens with zero attached hydrogens (tertiary/aromatic N) is 2. The Morgan fingerprint density at radius 3 is 2.84 bits per heavy atom. The van der Waals surface area contributed by atoms with Gasteiger partial charge in [0.05, 0.1) is 0 Å². The molecular formula is C18H24ClN5O. The van der Waals surface area contributed by atoms with Crippen molar-refractivity contribution in [2.45, 2.75) is 50.5 Å². The maximum atomic E-state index is 12.5. The van der Waals surface area contributed by atoms with E-state index in [2.05, 4.69) is 20.5 Å². The van der Waals surface area contributed by atoms with Crippen molar-refractivity contribution in [3.05, 3.63) is 30.1 Å². The zero-order valence-corrected chi connectivity index (χ0v) is 14.9. The van der Waals surface area contributed by atoms with Crippen molar-refractivity contribution in [1.29, 1.82) is 0 Å². The van der Waals surface area contributed by atoms with Crippen LogP contribution in [-0.4, -0.2) is 27.1 Å². The van der Waals surface area contributed by atoms with E-state index in [1.165, 1.54) is 12.8 Å². The highest BCUT2D eigenvalue weighted by Gasteiger charge is 2.27. The maximum Gasteiger partial charge on any atom is 0.227 e. The van der Waals surface area contributed by atoms with Crippen molar-refractivity contribution in [2.75, 3.05) is 5.32 Å². The van der Waals surface area contributed by atoms with Crippen LogP contribution in [0.4, 0.5) is 5.69 Å². The second-order valence-corrected chi connectivity index (χ2v) is 7.01. The van der Waals surface area contributed by atoms with Crippen molar-refractivity contribution >= 4 is 24.0 Å². The number of rotatable bonds is 4. The van der Waals surface area contributed by atoms with Crippen LogP contribution in [0.3, 0.4) is 0 Å². The van der Waals surface area contributed by atoms with Gasteiger partial charge < -0.3 is 11.1 Å². The van der Waals surface area contributed by atoms with Crippen LogP contribution in [0.5, 0.6) is 0 Å². The lowest BCUT2D eigenvalue weighted by molar-refractivity contribution is -0.120. The fourth-order valence-corrected chi connectivity index (χ4v) is 3.39.